The minimum absolute atomic E-state index is 0.00521. The second-order valence-corrected chi connectivity index (χ2v) is 4.30. The molecule has 0 spiro atoms. The lowest BCUT2D eigenvalue weighted by Gasteiger charge is -2.18. The van der Waals surface area contributed by atoms with Crippen LogP contribution in [0.3, 0.4) is 0 Å². The second kappa shape index (κ2) is 4.81. The van der Waals surface area contributed by atoms with Gasteiger partial charge in [0.15, 0.2) is 0 Å². The maximum absolute atomic E-state index is 8.89. The first kappa shape index (κ1) is 10.7. The van der Waals surface area contributed by atoms with Gasteiger partial charge >= 0.3 is 0 Å². The average Bonchev–Trinajstić information content (AvgIpc) is 2.95. The molecule has 0 unspecified atom stereocenters. The van der Waals surface area contributed by atoms with E-state index in [0.717, 1.165) is 24.8 Å². The first-order chi connectivity index (χ1) is 7.31. The van der Waals surface area contributed by atoms with Crippen LogP contribution in [-0.2, 0) is 13.2 Å². The van der Waals surface area contributed by atoms with E-state index in [1.54, 1.807) is 0 Å². The molecule has 0 bridgehead atoms. The Hall–Kier alpha value is -0.800. The standard InChI is InChI=1S/C12H19NO2/c1-2-13(7-10-3-4-10)8-11-5-6-12(9-14)15-11/h5-6,10,14H,2-4,7-9H2,1H3. The molecule has 2 rings (SSSR count). The molecule has 0 aromatic carbocycles. The number of furan rings is 1. The lowest BCUT2D eigenvalue weighted by Crippen LogP contribution is -2.24. The molecular formula is C12H19NO2. The molecule has 1 saturated carbocycles. The van der Waals surface area contributed by atoms with E-state index >= 15 is 0 Å². The summed E-state index contributed by atoms with van der Waals surface area (Å²) in [5.74, 6) is 2.53. The Morgan fingerprint density at radius 1 is 1.40 bits per heavy atom. The number of aliphatic hydroxyl groups is 1. The van der Waals surface area contributed by atoms with Crippen LogP contribution in [0.15, 0.2) is 16.5 Å². The lowest BCUT2D eigenvalue weighted by molar-refractivity contribution is 0.219. The Bertz CT molecular complexity index is 304. The monoisotopic (exact) mass is 209 g/mol. The molecule has 3 nitrogen and oxygen atoms in total. The quantitative estimate of drug-likeness (QED) is 0.778. The number of aliphatic hydroxyl groups excluding tert-OH is 1. The Labute approximate surface area is 90.7 Å². The van der Waals surface area contributed by atoms with Crippen molar-refractivity contribution in [2.45, 2.75) is 32.9 Å². The van der Waals surface area contributed by atoms with Crippen molar-refractivity contribution in [3.05, 3.63) is 23.7 Å². The van der Waals surface area contributed by atoms with Crippen LogP contribution < -0.4 is 0 Å². The fourth-order valence-corrected chi connectivity index (χ4v) is 1.78. The highest BCUT2D eigenvalue weighted by Gasteiger charge is 2.23. The Morgan fingerprint density at radius 3 is 2.67 bits per heavy atom. The Kier molecular flexibility index (Phi) is 3.44. The van der Waals surface area contributed by atoms with Crippen LogP contribution in [0.1, 0.15) is 31.3 Å². The topological polar surface area (TPSA) is 36.6 Å². The first-order valence-electron chi connectivity index (χ1n) is 5.72. The lowest BCUT2D eigenvalue weighted by atomic mass is 10.3. The van der Waals surface area contributed by atoms with Gasteiger partial charge in [0.2, 0.25) is 0 Å². The summed E-state index contributed by atoms with van der Waals surface area (Å²) in [6.45, 7) is 5.29. The van der Waals surface area contributed by atoms with E-state index in [2.05, 4.69) is 11.8 Å². The summed E-state index contributed by atoms with van der Waals surface area (Å²) >= 11 is 0. The minimum atomic E-state index is -0.00521. The fourth-order valence-electron chi connectivity index (χ4n) is 1.78. The van der Waals surface area contributed by atoms with Crippen molar-refractivity contribution in [2.24, 2.45) is 5.92 Å². The average molecular weight is 209 g/mol. The van der Waals surface area contributed by atoms with Crippen molar-refractivity contribution in [3.63, 3.8) is 0 Å². The first-order valence-corrected chi connectivity index (χ1v) is 5.72. The summed E-state index contributed by atoms with van der Waals surface area (Å²) in [5.41, 5.74) is 0. The molecular weight excluding hydrogens is 190 g/mol. The van der Waals surface area contributed by atoms with Crippen LogP contribution >= 0.6 is 0 Å². The highest BCUT2D eigenvalue weighted by molar-refractivity contribution is 5.06. The molecule has 1 aliphatic carbocycles. The summed E-state index contributed by atoms with van der Waals surface area (Å²) in [4.78, 5) is 2.40. The fraction of sp³-hybridized carbons (Fsp3) is 0.667. The van der Waals surface area contributed by atoms with E-state index in [-0.39, 0.29) is 6.61 Å². The normalized spacial score (nSPS) is 16.2. The van der Waals surface area contributed by atoms with E-state index in [9.17, 15) is 0 Å². The maximum Gasteiger partial charge on any atom is 0.129 e. The van der Waals surface area contributed by atoms with Gasteiger partial charge in [0.1, 0.15) is 18.1 Å². The number of hydrogen-bond donors (Lipinski definition) is 1. The van der Waals surface area contributed by atoms with Crippen molar-refractivity contribution in [2.75, 3.05) is 13.1 Å². The van der Waals surface area contributed by atoms with Gasteiger partial charge in [-0.2, -0.15) is 0 Å². The zero-order valence-electron chi connectivity index (χ0n) is 9.28. The third kappa shape index (κ3) is 3.08. The zero-order chi connectivity index (χ0) is 10.7. The molecule has 0 atom stereocenters. The molecule has 0 aliphatic heterocycles. The summed E-state index contributed by atoms with van der Waals surface area (Å²) < 4.78 is 5.48. The van der Waals surface area contributed by atoms with E-state index < -0.39 is 0 Å². The molecule has 1 heterocycles. The molecule has 1 N–H and O–H groups in total. The summed E-state index contributed by atoms with van der Waals surface area (Å²) in [6.07, 6.45) is 2.77. The maximum atomic E-state index is 8.89. The summed E-state index contributed by atoms with van der Waals surface area (Å²) in [7, 11) is 0. The molecule has 0 radical (unpaired) electrons. The van der Waals surface area contributed by atoms with Gasteiger partial charge in [0.25, 0.3) is 0 Å². The molecule has 0 saturated heterocycles. The molecule has 0 amide bonds. The van der Waals surface area contributed by atoms with E-state index in [4.69, 9.17) is 9.52 Å². The van der Waals surface area contributed by atoms with Gasteiger partial charge in [-0.3, -0.25) is 4.90 Å². The van der Waals surface area contributed by atoms with Crippen LogP contribution in [0.5, 0.6) is 0 Å². The molecule has 84 valence electrons. The van der Waals surface area contributed by atoms with E-state index in [0.29, 0.717) is 5.76 Å². The molecule has 1 aromatic heterocycles. The van der Waals surface area contributed by atoms with Crippen LogP contribution in [0, 0.1) is 5.92 Å². The molecule has 1 aliphatic rings. The molecule has 1 fully saturated rings. The van der Waals surface area contributed by atoms with Gasteiger partial charge in [-0.15, -0.1) is 0 Å². The van der Waals surface area contributed by atoms with Gasteiger partial charge < -0.3 is 9.52 Å². The van der Waals surface area contributed by atoms with E-state index in [1.807, 2.05) is 12.1 Å². The van der Waals surface area contributed by atoms with Crippen LogP contribution in [0.25, 0.3) is 0 Å². The Morgan fingerprint density at radius 2 is 2.13 bits per heavy atom. The van der Waals surface area contributed by atoms with Crippen LogP contribution in [0.4, 0.5) is 0 Å². The van der Waals surface area contributed by atoms with Crippen LogP contribution in [0.2, 0.25) is 0 Å². The number of hydrogen-bond acceptors (Lipinski definition) is 3. The minimum Gasteiger partial charge on any atom is -0.462 e. The van der Waals surface area contributed by atoms with Crippen LogP contribution in [-0.4, -0.2) is 23.1 Å². The summed E-state index contributed by atoms with van der Waals surface area (Å²) in [6, 6.07) is 3.81. The van der Waals surface area contributed by atoms with E-state index in [1.165, 1.54) is 19.4 Å². The third-order valence-corrected chi connectivity index (χ3v) is 2.91. The van der Waals surface area contributed by atoms with Crippen molar-refractivity contribution in [1.29, 1.82) is 0 Å². The zero-order valence-corrected chi connectivity index (χ0v) is 9.28. The van der Waals surface area contributed by atoms with Crippen molar-refractivity contribution < 1.29 is 9.52 Å². The smallest absolute Gasteiger partial charge is 0.129 e. The highest BCUT2D eigenvalue weighted by Crippen LogP contribution is 2.30. The van der Waals surface area contributed by atoms with Gasteiger partial charge in [0.05, 0.1) is 6.54 Å². The number of nitrogens with zero attached hydrogens (tertiary/aromatic N) is 1. The molecule has 15 heavy (non-hydrogen) atoms. The number of rotatable bonds is 6. The van der Waals surface area contributed by atoms with Crippen molar-refractivity contribution >= 4 is 0 Å². The predicted octanol–water partition coefficient (Wildman–Crippen LogP) is 2.00. The second-order valence-electron chi connectivity index (χ2n) is 4.30. The third-order valence-electron chi connectivity index (χ3n) is 2.91. The summed E-state index contributed by atoms with van der Waals surface area (Å²) in [5, 5.41) is 8.89. The SMILES string of the molecule is CCN(Cc1ccc(CO)o1)CC1CC1. The Balaban J connectivity index is 1.86. The molecule has 3 heteroatoms. The van der Waals surface area contributed by atoms with Gasteiger partial charge in [0, 0.05) is 6.54 Å². The van der Waals surface area contributed by atoms with Gasteiger partial charge in [-0.1, -0.05) is 6.92 Å². The predicted molar refractivity (Wildman–Crippen MR) is 58.3 cm³/mol. The molecule has 1 aromatic rings. The largest absolute Gasteiger partial charge is 0.462 e. The van der Waals surface area contributed by atoms with Crippen molar-refractivity contribution in [3.8, 4) is 0 Å². The van der Waals surface area contributed by atoms with Gasteiger partial charge in [-0.25, -0.2) is 0 Å². The highest BCUT2D eigenvalue weighted by atomic mass is 16.4. The van der Waals surface area contributed by atoms with Crippen molar-refractivity contribution in [1.82, 2.24) is 4.90 Å². The van der Waals surface area contributed by atoms with Gasteiger partial charge in [-0.05, 0) is 37.4 Å².